The van der Waals surface area contributed by atoms with Gasteiger partial charge in [-0.2, -0.15) is 0 Å². The first-order valence-corrected chi connectivity index (χ1v) is 13.2. The average molecular weight is 513 g/mol. The summed E-state index contributed by atoms with van der Waals surface area (Å²) in [6.07, 6.45) is 9.48. The summed E-state index contributed by atoms with van der Waals surface area (Å²) < 4.78 is 6.74. The Morgan fingerprint density at radius 1 is 0.600 bits per heavy atom. The predicted molar refractivity (Wildman–Crippen MR) is 164 cm³/mol. The number of aromatic nitrogens is 4. The molecule has 0 fully saturated rings. The second-order valence-electron chi connectivity index (χ2n) is 9.84. The van der Waals surface area contributed by atoms with Crippen LogP contribution in [0, 0.1) is 0 Å². The summed E-state index contributed by atoms with van der Waals surface area (Å²) in [6, 6.07) is 35.8. The van der Waals surface area contributed by atoms with Crippen molar-refractivity contribution >= 4 is 44.5 Å². The largest absolute Gasteiger partial charge is 0.352 e. The number of benzene rings is 3. The van der Waals surface area contributed by atoms with Crippen molar-refractivity contribution < 1.29 is 0 Å². The van der Waals surface area contributed by atoms with Crippen LogP contribution in [0.4, 0.5) is 0 Å². The minimum atomic E-state index is 0.799. The molecule has 0 aliphatic carbocycles. The van der Waals surface area contributed by atoms with E-state index in [1.54, 1.807) is 6.21 Å². The number of pyridine rings is 3. The van der Waals surface area contributed by atoms with E-state index in [0.717, 1.165) is 61.5 Å². The molecule has 0 saturated heterocycles. The zero-order valence-corrected chi connectivity index (χ0v) is 21.4. The second-order valence-corrected chi connectivity index (χ2v) is 9.84. The Labute approximate surface area is 230 Å². The highest BCUT2D eigenvalue weighted by molar-refractivity contribution is 6.13. The van der Waals surface area contributed by atoms with E-state index in [-0.39, 0.29) is 0 Å². The molecule has 5 heterocycles. The average Bonchev–Trinajstić information content (AvgIpc) is 3.68. The molecule has 0 radical (unpaired) electrons. The molecule has 5 nitrogen and oxygen atoms in total. The smallest absolute Gasteiger partial charge is 0.294 e. The Kier molecular flexibility index (Phi) is 5.02. The molecule has 7 aromatic rings. The Morgan fingerprint density at radius 3 is 2.38 bits per heavy atom. The fraction of sp³-hybridized carbons (Fsp3) is 0. The zero-order valence-electron chi connectivity index (χ0n) is 21.4. The van der Waals surface area contributed by atoms with Gasteiger partial charge in [0.05, 0.1) is 22.4 Å². The maximum atomic E-state index is 5.15. The van der Waals surface area contributed by atoms with E-state index < -0.39 is 0 Å². The number of hydrogen-bond donors (Lipinski definition) is 0. The van der Waals surface area contributed by atoms with E-state index in [2.05, 4.69) is 93.1 Å². The second kappa shape index (κ2) is 8.98. The molecule has 0 bridgehead atoms. The van der Waals surface area contributed by atoms with E-state index in [9.17, 15) is 0 Å². The van der Waals surface area contributed by atoms with Crippen molar-refractivity contribution in [3.05, 3.63) is 133 Å². The lowest BCUT2D eigenvalue weighted by atomic mass is 9.99. The fourth-order valence-corrected chi connectivity index (χ4v) is 5.53. The molecule has 8 rings (SSSR count). The Hall–Kier alpha value is -5.64. The molecule has 3 aromatic carbocycles. The molecule has 0 saturated carbocycles. The highest BCUT2D eigenvalue weighted by Crippen LogP contribution is 2.32. The van der Waals surface area contributed by atoms with Gasteiger partial charge in [-0.05, 0) is 64.4 Å². The van der Waals surface area contributed by atoms with Gasteiger partial charge in [-0.15, -0.1) is 0 Å². The van der Waals surface area contributed by atoms with Crippen LogP contribution in [-0.4, -0.2) is 31.4 Å². The number of nitrogens with zero attached hydrogens (tertiary/aromatic N) is 5. The maximum absolute atomic E-state index is 5.15. The minimum Gasteiger partial charge on any atom is -0.294 e. The van der Waals surface area contributed by atoms with Crippen LogP contribution in [0.1, 0.15) is 5.69 Å². The van der Waals surface area contributed by atoms with Crippen molar-refractivity contribution in [1.29, 1.82) is 0 Å². The molecule has 5 heteroatoms. The van der Waals surface area contributed by atoms with Gasteiger partial charge in [-0.25, -0.2) is 9.97 Å². The third-order valence-corrected chi connectivity index (χ3v) is 7.42. The van der Waals surface area contributed by atoms with Crippen LogP contribution in [0.5, 0.6) is 0 Å². The van der Waals surface area contributed by atoms with Gasteiger partial charge in [-0.1, -0.05) is 65.3 Å². The SMILES string of the molecule is C1=CC(c2cc(-c3ccc4ccccc4c3)cc(-c3cccc(-n4c5ccccc5c5cnccc54)n3)n2)=[N+]=C1. The van der Waals surface area contributed by atoms with Gasteiger partial charge in [0.1, 0.15) is 5.82 Å². The van der Waals surface area contributed by atoms with Crippen LogP contribution >= 0.6 is 0 Å². The predicted octanol–water partition coefficient (Wildman–Crippen LogP) is 6.95. The Balaban J connectivity index is 1.32. The van der Waals surface area contributed by atoms with Crippen LogP contribution in [0.15, 0.2) is 128 Å². The van der Waals surface area contributed by atoms with E-state index in [0.29, 0.717) is 0 Å². The van der Waals surface area contributed by atoms with Gasteiger partial charge in [-0.3, -0.25) is 9.55 Å². The van der Waals surface area contributed by atoms with Crippen molar-refractivity contribution in [3.63, 3.8) is 0 Å². The normalized spacial score (nSPS) is 12.6. The molecular weight excluding hydrogens is 490 g/mol. The summed E-state index contributed by atoms with van der Waals surface area (Å²) in [6.45, 7) is 0. The van der Waals surface area contributed by atoms with Crippen molar-refractivity contribution in [2.24, 2.45) is 0 Å². The minimum absolute atomic E-state index is 0.799. The molecule has 0 spiro atoms. The summed E-state index contributed by atoms with van der Waals surface area (Å²) in [5.74, 6) is 0.834. The third-order valence-electron chi connectivity index (χ3n) is 7.42. The van der Waals surface area contributed by atoms with E-state index in [1.807, 2.05) is 48.8 Å². The zero-order chi connectivity index (χ0) is 26.5. The standard InChI is InChI=1S/C35H22N5/c1-2-8-24-19-25(15-14-23(24)7-1)26-20-31(29-11-6-17-37-29)38-32(21-26)30-10-5-13-35(39-30)40-33-12-4-3-9-27(33)28-22-36-18-16-34(28)40/h1-22H/q+1. The van der Waals surface area contributed by atoms with Gasteiger partial charge < -0.3 is 0 Å². The summed E-state index contributed by atoms with van der Waals surface area (Å²) in [5, 5.41) is 4.67. The molecule has 4 aromatic heterocycles. The molecular formula is C35H22N5+. The van der Waals surface area contributed by atoms with Crippen LogP contribution in [-0.2, 0) is 0 Å². The Morgan fingerprint density at radius 2 is 1.45 bits per heavy atom. The lowest BCUT2D eigenvalue weighted by molar-refractivity contribution is 1.07. The van der Waals surface area contributed by atoms with Crippen LogP contribution in [0.2, 0.25) is 0 Å². The monoisotopic (exact) mass is 512 g/mol. The van der Waals surface area contributed by atoms with Crippen LogP contribution in [0.25, 0.3) is 60.9 Å². The number of allylic oxidation sites excluding steroid dienone is 2. The van der Waals surface area contributed by atoms with Crippen LogP contribution < -0.4 is 4.67 Å². The topological polar surface area (TPSA) is 57.7 Å². The molecule has 0 amide bonds. The molecule has 0 atom stereocenters. The maximum Gasteiger partial charge on any atom is 0.352 e. The van der Waals surface area contributed by atoms with E-state index in [1.165, 1.54) is 10.8 Å². The molecule has 186 valence electrons. The molecule has 1 aliphatic heterocycles. The van der Waals surface area contributed by atoms with Crippen molar-refractivity contribution in [2.45, 2.75) is 0 Å². The summed E-state index contributed by atoms with van der Waals surface area (Å²) in [7, 11) is 0. The van der Waals surface area contributed by atoms with Gasteiger partial charge >= 0.3 is 5.71 Å². The number of rotatable bonds is 4. The van der Waals surface area contributed by atoms with Crippen LogP contribution in [0.3, 0.4) is 0 Å². The number of para-hydroxylation sites is 1. The quantitative estimate of drug-likeness (QED) is 0.240. The molecule has 0 N–H and O–H groups in total. The summed E-state index contributed by atoms with van der Waals surface area (Å²) >= 11 is 0. The number of hydrogen-bond acceptors (Lipinski definition) is 3. The first-order valence-electron chi connectivity index (χ1n) is 13.2. The highest BCUT2D eigenvalue weighted by Gasteiger charge is 2.19. The first-order chi connectivity index (χ1) is 19.8. The van der Waals surface area contributed by atoms with Crippen molar-refractivity contribution in [1.82, 2.24) is 24.2 Å². The van der Waals surface area contributed by atoms with Gasteiger partial charge in [0.25, 0.3) is 6.21 Å². The fourth-order valence-electron chi connectivity index (χ4n) is 5.53. The summed E-state index contributed by atoms with van der Waals surface area (Å²) in [5.41, 5.74) is 7.62. The third kappa shape index (κ3) is 3.65. The highest BCUT2D eigenvalue weighted by atomic mass is 15.1. The lowest BCUT2D eigenvalue weighted by Gasteiger charge is -2.11. The van der Waals surface area contributed by atoms with E-state index >= 15 is 0 Å². The van der Waals surface area contributed by atoms with Crippen molar-refractivity contribution in [2.75, 3.05) is 0 Å². The molecule has 40 heavy (non-hydrogen) atoms. The summed E-state index contributed by atoms with van der Waals surface area (Å²) in [4.78, 5) is 14.6. The van der Waals surface area contributed by atoms with Crippen molar-refractivity contribution in [3.8, 4) is 28.3 Å². The molecule has 1 aliphatic rings. The van der Waals surface area contributed by atoms with Gasteiger partial charge in [0.2, 0.25) is 0 Å². The molecule has 0 unspecified atom stereocenters. The lowest BCUT2D eigenvalue weighted by Crippen LogP contribution is -2.05. The van der Waals surface area contributed by atoms with E-state index in [4.69, 9.17) is 9.97 Å². The van der Waals surface area contributed by atoms with Gasteiger partial charge in [0.15, 0.2) is 5.69 Å². The Bertz CT molecular complexity index is 2160. The number of fused-ring (bicyclic) bond motifs is 4. The first kappa shape index (κ1) is 22.4. The van der Waals surface area contributed by atoms with Gasteiger partial charge in [0, 0.05) is 35.3 Å².